The third-order valence-corrected chi connectivity index (χ3v) is 14.1. The topological polar surface area (TPSA) is 42.4 Å². The molecule has 0 atom stereocenters. The zero-order valence-electron chi connectivity index (χ0n) is 32.5. The van der Waals surface area contributed by atoms with Crippen molar-refractivity contribution in [2.24, 2.45) is 0 Å². The molecule has 0 N–H and O–H groups in total. The molecule has 0 spiro atoms. The van der Waals surface area contributed by atoms with E-state index in [1.165, 1.54) is 20.2 Å². The van der Waals surface area contributed by atoms with Crippen LogP contribution in [0.2, 0.25) is 0 Å². The van der Waals surface area contributed by atoms with Crippen LogP contribution in [0.15, 0.2) is 203 Å². The van der Waals surface area contributed by atoms with E-state index >= 15 is 0 Å². The lowest BCUT2D eigenvalue weighted by molar-refractivity contribution is 0.669. The summed E-state index contributed by atoms with van der Waals surface area (Å²) in [6.45, 7) is 0. The smallest absolute Gasteiger partial charge is 0.137 e. The summed E-state index contributed by atoms with van der Waals surface area (Å²) in [7, 11) is 0. The second kappa shape index (κ2) is 13.5. The Morgan fingerprint density at radius 2 is 1.07 bits per heavy atom. The van der Waals surface area contributed by atoms with Crippen LogP contribution in [0.3, 0.4) is 0 Å². The van der Waals surface area contributed by atoms with Crippen molar-refractivity contribution in [3.05, 3.63) is 194 Å². The van der Waals surface area contributed by atoms with Crippen molar-refractivity contribution in [3.8, 4) is 32.8 Å². The first kappa shape index (κ1) is 34.4. The number of fused-ring (bicyclic) bond motifs is 10. The summed E-state index contributed by atoms with van der Waals surface area (Å²) in [4.78, 5) is 7.40. The van der Waals surface area contributed by atoms with E-state index in [0.29, 0.717) is 0 Å². The Labute approximate surface area is 357 Å². The van der Waals surface area contributed by atoms with Crippen LogP contribution in [0, 0.1) is 0 Å². The van der Waals surface area contributed by atoms with Crippen LogP contribution < -0.4 is 4.90 Å². The Bertz CT molecular complexity index is 3840. The lowest BCUT2D eigenvalue weighted by atomic mass is 9.94. The molecule has 4 aromatic heterocycles. The molecule has 0 aliphatic rings. The third kappa shape index (κ3) is 5.53. The van der Waals surface area contributed by atoms with Gasteiger partial charge in [0.05, 0.1) is 15.9 Å². The Morgan fingerprint density at radius 1 is 0.377 bits per heavy atom. The largest absolute Gasteiger partial charge is 0.456 e. The van der Waals surface area contributed by atoms with Crippen LogP contribution in [0.25, 0.3) is 107 Å². The molecule has 0 saturated heterocycles. The van der Waals surface area contributed by atoms with Crippen molar-refractivity contribution < 1.29 is 8.83 Å². The number of thiazole rings is 1. The van der Waals surface area contributed by atoms with E-state index in [4.69, 9.17) is 13.8 Å². The van der Waals surface area contributed by atoms with E-state index in [-0.39, 0.29) is 0 Å². The van der Waals surface area contributed by atoms with E-state index < -0.39 is 0 Å². The maximum atomic E-state index is 6.59. The number of aromatic nitrogens is 1. The third-order valence-electron chi connectivity index (χ3n) is 11.9. The van der Waals surface area contributed by atoms with Gasteiger partial charge in [0.1, 0.15) is 27.3 Å². The zero-order valence-corrected chi connectivity index (χ0v) is 34.1. The quantitative estimate of drug-likeness (QED) is 0.168. The van der Waals surface area contributed by atoms with Crippen molar-refractivity contribution >= 4 is 114 Å². The number of hydrogen-bond donors (Lipinski definition) is 0. The van der Waals surface area contributed by atoms with Crippen molar-refractivity contribution in [2.75, 3.05) is 4.90 Å². The highest BCUT2D eigenvalue weighted by Gasteiger charge is 2.22. The van der Waals surface area contributed by atoms with Crippen molar-refractivity contribution in [1.82, 2.24) is 4.98 Å². The van der Waals surface area contributed by atoms with Gasteiger partial charge in [-0.2, -0.15) is 0 Å². The number of thiophene rings is 1. The van der Waals surface area contributed by atoms with Gasteiger partial charge >= 0.3 is 0 Å². The summed E-state index contributed by atoms with van der Waals surface area (Å²) in [5.41, 5.74) is 13.1. The summed E-state index contributed by atoms with van der Waals surface area (Å²) in [6.07, 6.45) is 0. The molecule has 4 heterocycles. The van der Waals surface area contributed by atoms with Crippen LogP contribution in [-0.4, -0.2) is 4.98 Å². The van der Waals surface area contributed by atoms with Crippen LogP contribution in [-0.2, 0) is 0 Å². The van der Waals surface area contributed by atoms with E-state index in [2.05, 4.69) is 181 Å². The molecule has 13 rings (SSSR count). The normalized spacial score (nSPS) is 11.9. The fraction of sp³-hybridized carbons (Fsp3) is 0. The van der Waals surface area contributed by atoms with Crippen LogP contribution in [0.1, 0.15) is 0 Å². The molecule has 0 radical (unpaired) electrons. The highest BCUT2D eigenvalue weighted by Crippen LogP contribution is 2.48. The van der Waals surface area contributed by atoms with Crippen LogP contribution in [0.4, 0.5) is 17.1 Å². The van der Waals surface area contributed by atoms with Gasteiger partial charge in [-0.05, 0) is 83.4 Å². The molecule has 286 valence electrons. The summed E-state index contributed by atoms with van der Waals surface area (Å²) in [5.74, 6) is 0. The first-order valence-electron chi connectivity index (χ1n) is 20.3. The van der Waals surface area contributed by atoms with Crippen LogP contribution in [0.5, 0.6) is 0 Å². The van der Waals surface area contributed by atoms with Gasteiger partial charge in [0.2, 0.25) is 0 Å². The predicted octanol–water partition coefficient (Wildman–Crippen LogP) is 16.9. The number of nitrogens with zero attached hydrogens (tertiary/aromatic N) is 2. The Kier molecular flexibility index (Phi) is 7.61. The number of para-hydroxylation sites is 1. The number of benzene rings is 9. The van der Waals surface area contributed by atoms with Crippen molar-refractivity contribution in [2.45, 2.75) is 0 Å². The second-order valence-corrected chi connectivity index (χ2v) is 17.6. The average Bonchev–Trinajstić information content (AvgIpc) is 4.10. The zero-order chi connectivity index (χ0) is 40.0. The first-order chi connectivity index (χ1) is 30.2. The Balaban J connectivity index is 1.03. The molecule has 13 aromatic rings. The molecule has 0 fully saturated rings. The van der Waals surface area contributed by atoms with E-state index in [1.54, 1.807) is 11.3 Å². The summed E-state index contributed by atoms with van der Waals surface area (Å²) in [5, 5.41) is 7.92. The molecule has 4 nitrogen and oxygen atoms in total. The van der Waals surface area contributed by atoms with Gasteiger partial charge in [-0.3, -0.25) is 0 Å². The minimum atomic E-state index is 0.836. The van der Waals surface area contributed by atoms with E-state index in [0.717, 1.165) is 104 Å². The summed E-state index contributed by atoms with van der Waals surface area (Å²) >= 11 is 3.55. The maximum absolute atomic E-state index is 6.59. The fourth-order valence-corrected chi connectivity index (χ4v) is 11.2. The Hall–Kier alpha value is -7.51. The molecule has 0 saturated carbocycles. The SMILES string of the molecule is c1ccc(-c2nc3cc4oc5cccc(-c6ccc(N(c7ccc8c(c7)oc7ccccc78)c7ccc8sc9ccccc9c8c7)c(-c7ccccc7)c6)c5c4cc3s2)cc1. The van der Waals surface area contributed by atoms with Gasteiger partial charge < -0.3 is 13.7 Å². The van der Waals surface area contributed by atoms with Crippen molar-refractivity contribution in [1.29, 1.82) is 0 Å². The molecular formula is C55H32N2O2S2. The molecule has 0 aliphatic heterocycles. The van der Waals surface area contributed by atoms with E-state index in [1.807, 2.05) is 29.5 Å². The minimum absolute atomic E-state index is 0.836. The molecule has 0 aliphatic carbocycles. The number of hydrogen-bond acceptors (Lipinski definition) is 6. The van der Waals surface area contributed by atoms with Crippen LogP contribution >= 0.6 is 22.7 Å². The average molecular weight is 817 g/mol. The fourth-order valence-electron chi connectivity index (χ4n) is 9.07. The molecule has 9 aromatic carbocycles. The number of rotatable bonds is 6. The van der Waals surface area contributed by atoms with Gasteiger partial charge in [-0.15, -0.1) is 22.7 Å². The Morgan fingerprint density at radius 3 is 1.95 bits per heavy atom. The monoisotopic (exact) mass is 816 g/mol. The van der Waals surface area contributed by atoms with Gasteiger partial charge in [-0.25, -0.2) is 4.98 Å². The number of furan rings is 2. The lowest BCUT2D eigenvalue weighted by Gasteiger charge is -2.28. The highest BCUT2D eigenvalue weighted by molar-refractivity contribution is 7.25. The predicted molar refractivity (Wildman–Crippen MR) is 258 cm³/mol. The van der Waals surface area contributed by atoms with E-state index in [9.17, 15) is 0 Å². The molecule has 6 heteroatoms. The molecule has 0 amide bonds. The number of anilines is 3. The molecular weight excluding hydrogens is 785 g/mol. The second-order valence-electron chi connectivity index (χ2n) is 15.5. The highest BCUT2D eigenvalue weighted by atomic mass is 32.1. The van der Waals surface area contributed by atoms with Gasteiger partial charge in [0.25, 0.3) is 0 Å². The van der Waals surface area contributed by atoms with Gasteiger partial charge in [0, 0.05) is 76.4 Å². The summed E-state index contributed by atoms with van der Waals surface area (Å²) < 4.78 is 16.8. The standard InChI is InChI=1S/C55H32N2O2S2/c1-3-12-33(13-4-1)42-28-35(38-18-11-20-48-54(38)44-31-53-45(32-50(44)59-48)56-55(61-53)34-14-5-2-6-15-34)22-26-46(42)57(36-24-27-52-43(29-36)41-17-8-10-21-51(41)60-52)37-23-25-40-39-16-7-9-19-47(39)58-49(40)30-37/h1-32H. The van der Waals surface area contributed by atoms with Gasteiger partial charge in [0.15, 0.2) is 0 Å². The first-order valence-corrected chi connectivity index (χ1v) is 22.0. The lowest BCUT2D eigenvalue weighted by Crippen LogP contribution is -2.11. The molecule has 0 unspecified atom stereocenters. The minimum Gasteiger partial charge on any atom is -0.456 e. The van der Waals surface area contributed by atoms with Crippen molar-refractivity contribution in [3.63, 3.8) is 0 Å². The summed E-state index contributed by atoms with van der Waals surface area (Å²) in [6, 6.07) is 69.2. The molecule has 0 bridgehead atoms. The van der Waals surface area contributed by atoms with Gasteiger partial charge in [-0.1, -0.05) is 115 Å². The molecule has 61 heavy (non-hydrogen) atoms. The maximum Gasteiger partial charge on any atom is 0.137 e.